The van der Waals surface area contributed by atoms with E-state index in [4.69, 9.17) is 0 Å². The number of nitrogens with zero attached hydrogens (tertiary/aromatic N) is 1. The van der Waals surface area contributed by atoms with Crippen molar-refractivity contribution in [3.63, 3.8) is 0 Å². The predicted octanol–water partition coefficient (Wildman–Crippen LogP) is 2.83. The molecule has 0 saturated carbocycles. The molecule has 0 radical (unpaired) electrons. The molecule has 6 heteroatoms. The number of guanidine groups is 1. The molecule has 2 rings (SSSR count). The summed E-state index contributed by atoms with van der Waals surface area (Å²) in [5.74, 6) is 0.00186. The zero-order valence-corrected chi connectivity index (χ0v) is 14.5. The Balaban J connectivity index is 1.89. The summed E-state index contributed by atoms with van der Waals surface area (Å²) in [6.07, 6.45) is 0. The van der Waals surface area contributed by atoms with E-state index in [1.54, 1.807) is 0 Å². The molecule has 2 aromatic rings. The number of aliphatic imine (C=N–C) groups is 1. The van der Waals surface area contributed by atoms with Crippen molar-refractivity contribution >= 4 is 17.6 Å². The first-order valence-electron chi connectivity index (χ1n) is 8.20. The van der Waals surface area contributed by atoms with Gasteiger partial charge in [0, 0.05) is 12.2 Å². The van der Waals surface area contributed by atoms with Crippen molar-refractivity contribution in [2.24, 2.45) is 4.99 Å². The Bertz CT molecular complexity index is 728. The minimum atomic E-state index is -0.339. The molecular formula is C19H23FN4O. The van der Waals surface area contributed by atoms with E-state index in [2.05, 4.69) is 20.9 Å². The first-order chi connectivity index (χ1) is 12.1. The highest BCUT2D eigenvalue weighted by Gasteiger charge is 2.05. The van der Waals surface area contributed by atoms with Gasteiger partial charge in [0.25, 0.3) is 0 Å². The number of rotatable bonds is 6. The number of aryl methyl sites for hydroxylation is 1. The quantitative estimate of drug-likeness (QED) is 0.559. The highest BCUT2D eigenvalue weighted by atomic mass is 19.1. The van der Waals surface area contributed by atoms with Crippen LogP contribution in [-0.2, 0) is 11.3 Å². The van der Waals surface area contributed by atoms with Crippen LogP contribution in [0.3, 0.4) is 0 Å². The predicted molar refractivity (Wildman–Crippen MR) is 99.0 cm³/mol. The highest BCUT2D eigenvalue weighted by molar-refractivity contribution is 5.94. The van der Waals surface area contributed by atoms with Crippen molar-refractivity contribution in [3.8, 4) is 0 Å². The molecule has 0 fully saturated rings. The standard InChI is InChI=1S/C19H23FN4O/c1-3-21-19(22-12-15-7-5-4-6-14(15)2)23-13-18(25)24-17-10-8-16(20)9-11-17/h4-11H,3,12-13H2,1-2H3,(H,24,25)(H2,21,22,23). The minimum absolute atomic E-state index is 0.0664. The van der Waals surface area contributed by atoms with Crippen molar-refractivity contribution in [2.75, 3.05) is 18.4 Å². The van der Waals surface area contributed by atoms with Gasteiger partial charge in [-0.05, 0) is 49.2 Å². The van der Waals surface area contributed by atoms with Gasteiger partial charge in [0.2, 0.25) is 5.91 Å². The van der Waals surface area contributed by atoms with Crippen LogP contribution in [0.25, 0.3) is 0 Å². The van der Waals surface area contributed by atoms with E-state index in [0.29, 0.717) is 24.7 Å². The molecule has 132 valence electrons. The molecule has 0 aliphatic carbocycles. The Hall–Kier alpha value is -2.89. The Labute approximate surface area is 147 Å². The van der Waals surface area contributed by atoms with Crippen molar-refractivity contribution in [3.05, 3.63) is 65.5 Å². The monoisotopic (exact) mass is 342 g/mol. The second-order valence-corrected chi connectivity index (χ2v) is 5.53. The fourth-order valence-electron chi connectivity index (χ4n) is 2.20. The molecule has 0 aliphatic rings. The van der Waals surface area contributed by atoms with Gasteiger partial charge >= 0.3 is 0 Å². The molecule has 0 saturated heterocycles. The second-order valence-electron chi connectivity index (χ2n) is 5.53. The largest absolute Gasteiger partial charge is 0.357 e. The van der Waals surface area contributed by atoms with E-state index in [1.807, 2.05) is 38.1 Å². The number of anilines is 1. The molecular weight excluding hydrogens is 319 g/mol. The summed E-state index contributed by atoms with van der Waals surface area (Å²) in [7, 11) is 0. The van der Waals surface area contributed by atoms with Gasteiger partial charge in [0.05, 0.1) is 13.1 Å². The third-order valence-electron chi connectivity index (χ3n) is 3.56. The number of carbonyl (C=O) groups is 1. The molecule has 25 heavy (non-hydrogen) atoms. The van der Waals surface area contributed by atoms with E-state index < -0.39 is 0 Å². The number of nitrogens with one attached hydrogen (secondary N) is 3. The molecule has 0 aromatic heterocycles. The van der Waals surface area contributed by atoms with Gasteiger partial charge in [-0.15, -0.1) is 0 Å². The van der Waals surface area contributed by atoms with E-state index in [1.165, 1.54) is 29.8 Å². The lowest BCUT2D eigenvalue weighted by Gasteiger charge is -2.12. The summed E-state index contributed by atoms with van der Waals surface area (Å²) < 4.78 is 12.9. The third-order valence-corrected chi connectivity index (χ3v) is 3.56. The van der Waals surface area contributed by atoms with Gasteiger partial charge in [-0.3, -0.25) is 4.79 Å². The van der Waals surface area contributed by atoms with E-state index in [9.17, 15) is 9.18 Å². The van der Waals surface area contributed by atoms with Gasteiger partial charge in [-0.1, -0.05) is 24.3 Å². The zero-order chi connectivity index (χ0) is 18.1. The van der Waals surface area contributed by atoms with Crippen LogP contribution in [-0.4, -0.2) is 25.0 Å². The van der Waals surface area contributed by atoms with E-state index in [-0.39, 0.29) is 18.3 Å². The van der Waals surface area contributed by atoms with Crippen molar-refractivity contribution in [1.29, 1.82) is 0 Å². The summed E-state index contributed by atoms with van der Waals surface area (Å²) in [5.41, 5.74) is 2.86. The van der Waals surface area contributed by atoms with Crippen LogP contribution in [0.5, 0.6) is 0 Å². The number of hydrogen-bond donors (Lipinski definition) is 3. The van der Waals surface area contributed by atoms with Crippen molar-refractivity contribution in [2.45, 2.75) is 20.4 Å². The van der Waals surface area contributed by atoms with Crippen LogP contribution < -0.4 is 16.0 Å². The summed E-state index contributed by atoms with van der Waals surface area (Å²) in [6.45, 7) is 5.29. The number of benzene rings is 2. The normalized spacial score (nSPS) is 11.1. The number of hydrogen-bond acceptors (Lipinski definition) is 2. The van der Waals surface area contributed by atoms with Crippen molar-refractivity contribution < 1.29 is 9.18 Å². The number of amides is 1. The van der Waals surface area contributed by atoms with Gasteiger partial charge in [-0.2, -0.15) is 0 Å². The minimum Gasteiger partial charge on any atom is -0.357 e. The SMILES string of the molecule is CCNC(=NCc1ccccc1C)NCC(=O)Nc1ccc(F)cc1. The zero-order valence-electron chi connectivity index (χ0n) is 14.5. The fraction of sp³-hybridized carbons (Fsp3) is 0.263. The average Bonchev–Trinajstić information content (AvgIpc) is 2.60. The molecule has 0 unspecified atom stereocenters. The maximum absolute atomic E-state index is 12.9. The van der Waals surface area contributed by atoms with Gasteiger partial charge in [0.15, 0.2) is 5.96 Å². The fourth-order valence-corrected chi connectivity index (χ4v) is 2.20. The van der Waals surface area contributed by atoms with E-state index >= 15 is 0 Å². The lowest BCUT2D eigenvalue weighted by Crippen LogP contribution is -2.41. The van der Waals surface area contributed by atoms with Gasteiger partial charge in [0.1, 0.15) is 5.82 Å². The molecule has 0 aliphatic heterocycles. The molecule has 0 atom stereocenters. The summed E-state index contributed by atoms with van der Waals surface area (Å²) in [4.78, 5) is 16.5. The number of halogens is 1. The smallest absolute Gasteiger partial charge is 0.243 e. The summed E-state index contributed by atoms with van der Waals surface area (Å²) in [5, 5.41) is 8.80. The Morgan fingerprint density at radius 3 is 2.48 bits per heavy atom. The topological polar surface area (TPSA) is 65.5 Å². The maximum atomic E-state index is 12.9. The molecule has 5 nitrogen and oxygen atoms in total. The first-order valence-corrected chi connectivity index (χ1v) is 8.20. The number of carbonyl (C=O) groups excluding carboxylic acids is 1. The van der Waals surface area contributed by atoms with Crippen LogP contribution in [0.15, 0.2) is 53.5 Å². The van der Waals surface area contributed by atoms with Crippen LogP contribution >= 0.6 is 0 Å². The molecule has 0 bridgehead atoms. The second kappa shape index (κ2) is 9.42. The Morgan fingerprint density at radius 1 is 1.08 bits per heavy atom. The molecule has 0 heterocycles. The van der Waals surface area contributed by atoms with Crippen LogP contribution in [0.1, 0.15) is 18.1 Å². The average molecular weight is 342 g/mol. The maximum Gasteiger partial charge on any atom is 0.243 e. The molecule has 0 spiro atoms. The first kappa shape index (κ1) is 18.4. The highest BCUT2D eigenvalue weighted by Crippen LogP contribution is 2.08. The lowest BCUT2D eigenvalue weighted by atomic mass is 10.1. The Morgan fingerprint density at radius 2 is 1.80 bits per heavy atom. The molecule has 2 aromatic carbocycles. The third kappa shape index (κ3) is 6.25. The molecule has 3 N–H and O–H groups in total. The van der Waals surface area contributed by atoms with Crippen LogP contribution in [0.4, 0.5) is 10.1 Å². The summed E-state index contributed by atoms with van der Waals surface area (Å²) >= 11 is 0. The molecule has 1 amide bonds. The van der Waals surface area contributed by atoms with Crippen molar-refractivity contribution in [1.82, 2.24) is 10.6 Å². The summed E-state index contributed by atoms with van der Waals surface area (Å²) in [6, 6.07) is 13.7. The Kier molecular flexibility index (Phi) is 6.95. The lowest BCUT2D eigenvalue weighted by molar-refractivity contribution is -0.115. The van der Waals surface area contributed by atoms with Crippen LogP contribution in [0.2, 0.25) is 0 Å². The van der Waals surface area contributed by atoms with Gasteiger partial charge < -0.3 is 16.0 Å². The van der Waals surface area contributed by atoms with E-state index in [0.717, 1.165) is 5.56 Å². The van der Waals surface area contributed by atoms with Crippen LogP contribution in [0, 0.1) is 12.7 Å². The van der Waals surface area contributed by atoms with Gasteiger partial charge in [-0.25, -0.2) is 9.38 Å².